The van der Waals surface area contributed by atoms with Crippen LogP contribution in [0.3, 0.4) is 0 Å². The third kappa shape index (κ3) is 3.21. The Bertz CT molecular complexity index is 934. The van der Waals surface area contributed by atoms with Gasteiger partial charge in [0.1, 0.15) is 5.82 Å². The molecule has 0 aliphatic carbocycles. The molecule has 3 aromatic rings. The van der Waals surface area contributed by atoms with Crippen LogP contribution in [0.15, 0.2) is 47.3 Å². The molecule has 0 spiro atoms. The summed E-state index contributed by atoms with van der Waals surface area (Å²) in [4.78, 5) is 17.8. The number of aryl methyl sites for hydroxylation is 2. The molecular weight excluding hydrogens is 322 g/mol. The van der Waals surface area contributed by atoms with Crippen molar-refractivity contribution >= 4 is 22.5 Å². The molecule has 0 aliphatic heterocycles. The number of fused-ring (bicyclic) bond motifs is 1. The molecule has 24 heavy (non-hydrogen) atoms. The van der Waals surface area contributed by atoms with Gasteiger partial charge in [-0.05, 0) is 56.1 Å². The molecule has 0 radical (unpaired) electrons. The van der Waals surface area contributed by atoms with Crippen LogP contribution < -0.4 is 11.3 Å². The van der Waals surface area contributed by atoms with Gasteiger partial charge < -0.3 is 5.73 Å². The highest BCUT2D eigenvalue weighted by Crippen LogP contribution is 2.21. The molecule has 2 N–H and O–H groups in total. The third-order valence-electron chi connectivity index (χ3n) is 4.03. The van der Waals surface area contributed by atoms with Gasteiger partial charge in [0, 0.05) is 6.42 Å². The average molecular weight is 342 g/mol. The van der Waals surface area contributed by atoms with Gasteiger partial charge in [-0.25, -0.2) is 4.98 Å². The summed E-state index contributed by atoms with van der Waals surface area (Å²) in [5.41, 5.74) is 8.01. The molecule has 124 valence electrons. The standard InChI is InChI=1S/C19H20ClN3O/c1-13-6-4-7-14(12-13)23-17(10-2-3-11-21)22-16-9-5-8-15(20)18(16)19(23)24/h4-9,12H,2-3,10-11,21H2,1H3. The van der Waals surface area contributed by atoms with Crippen molar-refractivity contribution in [2.75, 3.05) is 6.54 Å². The molecule has 1 heterocycles. The molecule has 0 fully saturated rings. The number of benzene rings is 2. The van der Waals surface area contributed by atoms with Crippen LogP contribution in [0.2, 0.25) is 5.02 Å². The van der Waals surface area contributed by atoms with E-state index in [1.807, 2.05) is 43.3 Å². The van der Waals surface area contributed by atoms with E-state index in [-0.39, 0.29) is 5.56 Å². The van der Waals surface area contributed by atoms with Crippen LogP contribution in [0.1, 0.15) is 24.2 Å². The van der Waals surface area contributed by atoms with Crippen LogP contribution >= 0.6 is 11.6 Å². The summed E-state index contributed by atoms with van der Waals surface area (Å²) in [5, 5.41) is 0.892. The second-order valence-electron chi connectivity index (χ2n) is 5.89. The Kier molecular flexibility index (Phi) is 4.97. The molecule has 0 unspecified atom stereocenters. The van der Waals surface area contributed by atoms with Crippen LogP contribution in [0.25, 0.3) is 16.6 Å². The van der Waals surface area contributed by atoms with Gasteiger partial charge in [0.15, 0.2) is 0 Å². The number of rotatable bonds is 5. The molecule has 0 aliphatic rings. The van der Waals surface area contributed by atoms with Gasteiger partial charge in [0.2, 0.25) is 0 Å². The maximum Gasteiger partial charge on any atom is 0.267 e. The highest BCUT2D eigenvalue weighted by atomic mass is 35.5. The zero-order valence-electron chi connectivity index (χ0n) is 13.6. The number of hydrogen-bond acceptors (Lipinski definition) is 3. The van der Waals surface area contributed by atoms with Gasteiger partial charge in [-0.15, -0.1) is 0 Å². The average Bonchev–Trinajstić information content (AvgIpc) is 2.55. The van der Waals surface area contributed by atoms with E-state index in [1.54, 1.807) is 10.6 Å². The van der Waals surface area contributed by atoms with Crippen molar-refractivity contribution in [3.8, 4) is 5.69 Å². The molecule has 1 aromatic heterocycles. The second-order valence-corrected chi connectivity index (χ2v) is 6.29. The molecule has 3 rings (SSSR count). The predicted molar refractivity (Wildman–Crippen MR) is 99.1 cm³/mol. The molecule has 0 bridgehead atoms. The van der Waals surface area contributed by atoms with Crippen molar-refractivity contribution in [2.45, 2.75) is 26.2 Å². The first kappa shape index (κ1) is 16.7. The minimum absolute atomic E-state index is 0.126. The van der Waals surface area contributed by atoms with Crippen molar-refractivity contribution in [2.24, 2.45) is 5.73 Å². The van der Waals surface area contributed by atoms with E-state index in [9.17, 15) is 4.79 Å². The maximum atomic E-state index is 13.1. The van der Waals surface area contributed by atoms with Crippen molar-refractivity contribution in [1.82, 2.24) is 9.55 Å². The van der Waals surface area contributed by atoms with Crippen molar-refractivity contribution in [3.05, 3.63) is 69.2 Å². The largest absolute Gasteiger partial charge is 0.330 e. The molecule has 0 saturated heterocycles. The fourth-order valence-electron chi connectivity index (χ4n) is 2.86. The minimum Gasteiger partial charge on any atom is -0.330 e. The monoisotopic (exact) mass is 341 g/mol. The molecular formula is C19H20ClN3O. The van der Waals surface area contributed by atoms with Crippen LogP contribution in [0.4, 0.5) is 0 Å². The minimum atomic E-state index is -0.126. The SMILES string of the molecule is Cc1cccc(-n2c(CCCCN)nc3cccc(Cl)c3c2=O)c1. The van der Waals surface area contributed by atoms with Gasteiger partial charge in [-0.1, -0.05) is 29.8 Å². The van der Waals surface area contributed by atoms with Crippen molar-refractivity contribution in [1.29, 1.82) is 0 Å². The number of hydrogen-bond donors (Lipinski definition) is 1. The number of nitrogens with two attached hydrogens (primary N) is 1. The summed E-state index contributed by atoms with van der Waals surface area (Å²) in [7, 11) is 0. The summed E-state index contributed by atoms with van der Waals surface area (Å²) in [5.74, 6) is 0.744. The number of nitrogens with zero attached hydrogens (tertiary/aromatic N) is 2. The zero-order valence-corrected chi connectivity index (χ0v) is 14.4. The number of halogens is 1. The summed E-state index contributed by atoms with van der Waals surface area (Å²) in [6, 6.07) is 13.2. The van der Waals surface area contributed by atoms with Crippen LogP contribution in [0, 0.1) is 6.92 Å². The Labute approximate surface area is 145 Å². The maximum absolute atomic E-state index is 13.1. The van der Waals surface area contributed by atoms with Crippen LogP contribution in [-0.4, -0.2) is 16.1 Å². The smallest absolute Gasteiger partial charge is 0.267 e. The lowest BCUT2D eigenvalue weighted by Crippen LogP contribution is -2.24. The Morgan fingerprint density at radius 2 is 1.96 bits per heavy atom. The van der Waals surface area contributed by atoms with E-state index in [2.05, 4.69) is 0 Å². The van der Waals surface area contributed by atoms with E-state index in [0.717, 1.165) is 29.9 Å². The fourth-order valence-corrected chi connectivity index (χ4v) is 3.11. The Hall–Kier alpha value is -2.17. The van der Waals surface area contributed by atoms with Gasteiger partial charge in [-0.3, -0.25) is 9.36 Å². The van der Waals surface area contributed by atoms with Crippen molar-refractivity contribution < 1.29 is 0 Å². The molecule has 0 saturated carbocycles. The molecule has 2 aromatic carbocycles. The Morgan fingerprint density at radius 1 is 1.17 bits per heavy atom. The zero-order chi connectivity index (χ0) is 17.1. The lowest BCUT2D eigenvalue weighted by molar-refractivity contribution is 0.694. The number of unbranched alkanes of at least 4 members (excludes halogenated alkanes) is 1. The molecule has 5 heteroatoms. The van der Waals surface area contributed by atoms with Gasteiger partial charge in [-0.2, -0.15) is 0 Å². The van der Waals surface area contributed by atoms with E-state index in [4.69, 9.17) is 22.3 Å². The number of aromatic nitrogens is 2. The topological polar surface area (TPSA) is 60.9 Å². The lowest BCUT2D eigenvalue weighted by Gasteiger charge is -2.14. The van der Waals surface area contributed by atoms with Gasteiger partial charge >= 0.3 is 0 Å². The van der Waals surface area contributed by atoms with E-state index in [0.29, 0.717) is 28.9 Å². The highest BCUT2D eigenvalue weighted by Gasteiger charge is 2.14. The molecule has 0 atom stereocenters. The molecule has 4 nitrogen and oxygen atoms in total. The third-order valence-corrected chi connectivity index (χ3v) is 4.35. The fraction of sp³-hybridized carbons (Fsp3) is 0.263. The first-order valence-corrected chi connectivity index (χ1v) is 8.47. The first-order valence-electron chi connectivity index (χ1n) is 8.09. The van der Waals surface area contributed by atoms with E-state index in [1.165, 1.54) is 0 Å². The predicted octanol–water partition coefficient (Wildman–Crippen LogP) is 3.63. The van der Waals surface area contributed by atoms with Gasteiger partial charge in [0.05, 0.1) is 21.6 Å². The van der Waals surface area contributed by atoms with Crippen LogP contribution in [-0.2, 0) is 6.42 Å². The van der Waals surface area contributed by atoms with E-state index < -0.39 is 0 Å². The van der Waals surface area contributed by atoms with Crippen LogP contribution in [0.5, 0.6) is 0 Å². The first-order chi connectivity index (χ1) is 11.6. The quantitative estimate of drug-likeness (QED) is 0.721. The summed E-state index contributed by atoms with van der Waals surface area (Å²) >= 11 is 6.26. The second kappa shape index (κ2) is 7.16. The summed E-state index contributed by atoms with van der Waals surface area (Å²) < 4.78 is 1.68. The highest BCUT2D eigenvalue weighted by molar-refractivity contribution is 6.35. The summed E-state index contributed by atoms with van der Waals surface area (Å²) in [6.45, 7) is 2.64. The normalized spacial score (nSPS) is 11.1. The van der Waals surface area contributed by atoms with Gasteiger partial charge in [0.25, 0.3) is 5.56 Å². The van der Waals surface area contributed by atoms with E-state index >= 15 is 0 Å². The lowest BCUT2D eigenvalue weighted by atomic mass is 10.1. The summed E-state index contributed by atoms with van der Waals surface area (Å²) in [6.07, 6.45) is 2.49. The molecule has 0 amide bonds. The van der Waals surface area contributed by atoms with Crippen molar-refractivity contribution in [3.63, 3.8) is 0 Å². The Morgan fingerprint density at radius 3 is 2.71 bits per heavy atom. The Balaban J connectivity index is 2.26.